The average molecular weight is 239 g/mol. The van der Waals surface area contributed by atoms with Crippen molar-refractivity contribution in [2.75, 3.05) is 26.3 Å². The number of hydrogen-bond donors (Lipinski definition) is 1. The molecule has 0 saturated carbocycles. The molecule has 2 aliphatic rings. The predicted octanol–water partition coefficient (Wildman–Crippen LogP) is 0.0144. The maximum absolute atomic E-state index is 12.2. The van der Waals surface area contributed by atoms with Gasteiger partial charge in [-0.25, -0.2) is 0 Å². The minimum absolute atomic E-state index is 0.0873. The summed E-state index contributed by atoms with van der Waals surface area (Å²) in [5, 5.41) is 9.69. The molecule has 2 atom stereocenters. The number of carbonyl (C=O) groups is 1. The summed E-state index contributed by atoms with van der Waals surface area (Å²) in [7, 11) is 0. The fraction of sp³-hybridized carbons (Fsp3) is 0.889. The van der Waals surface area contributed by atoms with Crippen LogP contribution in [0.4, 0.5) is 13.2 Å². The van der Waals surface area contributed by atoms with Crippen molar-refractivity contribution in [3.8, 4) is 0 Å². The molecule has 0 aromatic carbocycles. The van der Waals surface area contributed by atoms with E-state index in [1.165, 1.54) is 0 Å². The monoisotopic (exact) mass is 239 g/mol. The second kappa shape index (κ2) is 3.89. The molecular weight excluding hydrogens is 227 g/mol. The van der Waals surface area contributed by atoms with Crippen molar-refractivity contribution in [3.05, 3.63) is 0 Å². The summed E-state index contributed by atoms with van der Waals surface area (Å²) >= 11 is 0. The molecule has 0 spiro atoms. The lowest BCUT2D eigenvalue weighted by Gasteiger charge is -2.44. The Bertz CT molecular complexity index is 280. The summed E-state index contributed by atoms with van der Waals surface area (Å²) in [6, 6.07) is 0. The van der Waals surface area contributed by atoms with Crippen molar-refractivity contribution in [3.63, 3.8) is 0 Å². The van der Waals surface area contributed by atoms with Crippen LogP contribution in [-0.4, -0.2) is 54.5 Å². The predicted molar refractivity (Wildman–Crippen MR) is 46.4 cm³/mol. The molecule has 1 N–H and O–H groups in total. The van der Waals surface area contributed by atoms with Gasteiger partial charge < -0.3 is 14.7 Å². The van der Waals surface area contributed by atoms with Gasteiger partial charge in [-0.1, -0.05) is 0 Å². The Morgan fingerprint density at radius 2 is 1.75 bits per heavy atom. The lowest BCUT2D eigenvalue weighted by molar-refractivity contribution is -0.196. The van der Waals surface area contributed by atoms with Crippen LogP contribution in [0.2, 0.25) is 0 Å². The first-order valence-electron chi connectivity index (χ1n) is 5.01. The molecule has 0 aliphatic carbocycles. The van der Waals surface area contributed by atoms with Crippen molar-refractivity contribution >= 4 is 5.91 Å². The molecule has 92 valence electrons. The summed E-state index contributed by atoms with van der Waals surface area (Å²) < 4.78 is 41.8. The summed E-state index contributed by atoms with van der Waals surface area (Å²) in [4.78, 5) is 11.8. The quantitative estimate of drug-likeness (QED) is 0.648. The molecule has 4 nitrogen and oxygen atoms in total. The normalized spacial score (nSPS) is 35.0. The van der Waals surface area contributed by atoms with Gasteiger partial charge in [-0.05, 0) is 0 Å². The Kier molecular flexibility index (Phi) is 2.83. The molecule has 2 heterocycles. The number of likely N-dealkylation sites (tertiary alicyclic amines) is 1. The highest BCUT2D eigenvalue weighted by atomic mass is 19.4. The van der Waals surface area contributed by atoms with Gasteiger partial charge in [0.25, 0.3) is 0 Å². The Morgan fingerprint density at radius 3 is 2.19 bits per heavy atom. The van der Waals surface area contributed by atoms with Crippen LogP contribution in [0.25, 0.3) is 0 Å². The Hall–Kier alpha value is -0.820. The second-order valence-electron chi connectivity index (χ2n) is 4.26. The van der Waals surface area contributed by atoms with Gasteiger partial charge in [-0.3, -0.25) is 4.79 Å². The second-order valence-corrected chi connectivity index (χ2v) is 4.26. The lowest BCUT2D eigenvalue weighted by atomic mass is 9.85. The molecular formula is C9H12F3NO3. The zero-order valence-corrected chi connectivity index (χ0v) is 8.41. The van der Waals surface area contributed by atoms with Gasteiger partial charge in [0.05, 0.1) is 19.3 Å². The fourth-order valence-electron chi connectivity index (χ4n) is 2.26. The third-order valence-electron chi connectivity index (χ3n) is 3.07. The molecule has 2 rings (SSSR count). The van der Waals surface area contributed by atoms with E-state index in [9.17, 15) is 23.1 Å². The molecule has 2 unspecified atom stereocenters. The number of amides is 1. The Balaban J connectivity index is 2.07. The number of rotatable bonds is 0. The van der Waals surface area contributed by atoms with E-state index < -0.39 is 30.0 Å². The van der Waals surface area contributed by atoms with Crippen molar-refractivity contribution in [1.29, 1.82) is 0 Å². The molecule has 2 fully saturated rings. The fourth-order valence-corrected chi connectivity index (χ4v) is 2.26. The smallest absolute Gasteiger partial charge is 0.392 e. The molecule has 1 amide bonds. The third kappa shape index (κ3) is 2.01. The average Bonchev–Trinajstić information content (AvgIpc) is 2.14. The van der Waals surface area contributed by atoms with E-state index in [0.717, 1.165) is 4.90 Å². The van der Waals surface area contributed by atoms with Gasteiger partial charge in [0.15, 0.2) is 0 Å². The van der Waals surface area contributed by atoms with Crippen LogP contribution in [0, 0.1) is 11.8 Å². The van der Waals surface area contributed by atoms with Crippen LogP contribution in [0.3, 0.4) is 0 Å². The van der Waals surface area contributed by atoms with E-state index in [1.807, 2.05) is 0 Å². The standard InChI is InChI=1S/C9H12F3NO3/c10-9(11,12)8(15)13-1-5-3-16-4-6(2-13)7(5)14/h5-7,14H,1-4H2. The van der Waals surface area contributed by atoms with E-state index in [4.69, 9.17) is 4.74 Å². The van der Waals surface area contributed by atoms with Gasteiger partial charge in [-0.15, -0.1) is 0 Å². The number of carbonyl (C=O) groups excluding carboxylic acids is 1. The number of piperidine rings is 1. The number of hydrogen-bond acceptors (Lipinski definition) is 3. The number of nitrogens with zero attached hydrogens (tertiary/aromatic N) is 1. The van der Waals surface area contributed by atoms with E-state index >= 15 is 0 Å². The van der Waals surface area contributed by atoms with Crippen LogP contribution in [0.15, 0.2) is 0 Å². The van der Waals surface area contributed by atoms with Crippen LogP contribution in [0.1, 0.15) is 0 Å². The maximum Gasteiger partial charge on any atom is 0.471 e. The molecule has 16 heavy (non-hydrogen) atoms. The SMILES string of the molecule is O=C(N1CC2COCC(C1)C2O)C(F)(F)F. The summed E-state index contributed by atoms with van der Waals surface area (Å²) in [6.45, 7) is 0.241. The first-order valence-corrected chi connectivity index (χ1v) is 5.01. The number of alkyl halides is 3. The topological polar surface area (TPSA) is 49.8 Å². The number of aliphatic hydroxyl groups is 1. The van der Waals surface area contributed by atoms with E-state index in [1.54, 1.807) is 0 Å². The van der Waals surface area contributed by atoms with Gasteiger partial charge in [0.2, 0.25) is 0 Å². The number of fused-ring (bicyclic) bond motifs is 2. The summed E-state index contributed by atoms with van der Waals surface area (Å²) in [5.41, 5.74) is 0. The van der Waals surface area contributed by atoms with Crippen LogP contribution < -0.4 is 0 Å². The molecule has 0 aromatic rings. The molecule has 0 radical (unpaired) electrons. The lowest BCUT2D eigenvalue weighted by Crippen LogP contribution is -2.58. The maximum atomic E-state index is 12.2. The zero-order chi connectivity index (χ0) is 11.9. The molecule has 2 aliphatic heterocycles. The number of halogens is 3. The molecule has 2 bridgehead atoms. The van der Waals surface area contributed by atoms with Crippen molar-refractivity contribution in [2.45, 2.75) is 12.3 Å². The zero-order valence-electron chi connectivity index (χ0n) is 8.41. The summed E-state index contributed by atoms with van der Waals surface area (Å²) in [6.07, 6.45) is -5.50. The van der Waals surface area contributed by atoms with Crippen molar-refractivity contribution in [1.82, 2.24) is 4.90 Å². The van der Waals surface area contributed by atoms with Crippen LogP contribution in [0.5, 0.6) is 0 Å². The van der Waals surface area contributed by atoms with Gasteiger partial charge in [-0.2, -0.15) is 13.2 Å². The number of aliphatic hydroxyl groups excluding tert-OH is 1. The van der Waals surface area contributed by atoms with Gasteiger partial charge in [0, 0.05) is 24.9 Å². The van der Waals surface area contributed by atoms with Gasteiger partial charge in [0.1, 0.15) is 0 Å². The summed E-state index contributed by atoms with van der Waals surface area (Å²) in [5.74, 6) is -2.63. The van der Waals surface area contributed by atoms with Gasteiger partial charge >= 0.3 is 12.1 Å². The van der Waals surface area contributed by atoms with Crippen LogP contribution >= 0.6 is 0 Å². The van der Waals surface area contributed by atoms with Crippen molar-refractivity contribution < 1.29 is 27.8 Å². The molecule has 2 saturated heterocycles. The van der Waals surface area contributed by atoms with Crippen LogP contribution in [-0.2, 0) is 9.53 Å². The van der Waals surface area contributed by atoms with Crippen molar-refractivity contribution in [2.24, 2.45) is 11.8 Å². The highest BCUT2D eigenvalue weighted by Crippen LogP contribution is 2.30. The third-order valence-corrected chi connectivity index (χ3v) is 3.07. The minimum Gasteiger partial charge on any atom is -0.392 e. The minimum atomic E-state index is -4.84. The Labute approximate surface area is 90.0 Å². The van der Waals surface area contributed by atoms with E-state index in [0.29, 0.717) is 0 Å². The largest absolute Gasteiger partial charge is 0.471 e. The van der Waals surface area contributed by atoms with E-state index in [-0.39, 0.29) is 26.3 Å². The number of ether oxygens (including phenoxy) is 1. The molecule has 0 aromatic heterocycles. The Morgan fingerprint density at radius 1 is 1.25 bits per heavy atom. The first kappa shape index (κ1) is 11.7. The highest BCUT2D eigenvalue weighted by Gasteiger charge is 2.48. The highest BCUT2D eigenvalue weighted by molar-refractivity contribution is 5.82. The first-order chi connectivity index (χ1) is 7.39. The van der Waals surface area contributed by atoms with E-state index in [2.05, 4.69) is 0 Å². The molecule has 7 heteroatoms.